The van der Waals surface area contributed by atoms with Crippen molar-refractivity contribution in [3.05, 3.63) is 131 Å². The highest BCUT2D eigenvalue weighted by Gasteiger charge is 2.19. The molecule has 48 heavy (non-hydrogen) atoms. The topological polar surface area (TPSA) is 44.9 Å². The molecule has 0 radical (unpaired) electrons. The quantitative estimate of drug-likeness (QED) is 0.167. The van der Waals surface area contributed by atoms with Crippen LogP contribution in [0.4, 0.5) is 0 Å². The summed E-state index contributed by atoms with van der Waals surface area (Å²) in [6.07, 6.45) is 4.97. The Morgan fingerprint density at radius 2 is 1.54 bits per heavy atom. The average molecular weight is 633 g/mol. The van der Waals surface area contributed by atoms with Crippen molar-refractivity contribution in [2.75, 3.05) is 0 Å². The molecule has 0 saturated heterocycles. The number of nitrogens with zero attached hydrogens (tertiary/aromatic N) is 4. The first kappa shape index (κ1) is 31.4. The van der Waals surface area contributed by atoms with Gasteiger partial charge in [-0.1, -0.05) is 70.5 Å². The molecule has 0 atom stereocenters. The van der Waals surface area contributed by atoms with Crippen molar-refractivity contribution in [2.45, 2.75) is 67.7 Å². The zero-order valence-corrected chi connectivity index (χ0v) is 29.1. The Balaban J connectivity index is 1.35. The molecular weight excluding hydrogens is 589 g/mol. The van der Waals surface area contributed by atoms with E-state index in [1.165, 1.54) is 38.6 Å². The van der Waals surface area contributed by atoms with Crippen LogP contribution in [0.3, 0.4) is 0 Å². The van der Waals surface area contributed by atoms with E-state index in [9.17, 15) is 0 Å². The van der Waals surface area contributed by atoms with Gasteiger partial charge in [0, 0.05) is 40.4 Å². The molecule has 7 aromatic rings. The lowest BCUT2D eigenvalue weighted by molar-refractivity contribution is 0.409. The molecule has 7 rings (SSSR count). The summed E-state index contributed by atoms with van der Waals surface area (Å²) in [5, 5.41) is 7.46. The van der Waals surface area contributed by atoms with Gasteiger partial charge in [-0.05, 0) is 110 Å². The average Bonchev–Trinajstić information content (AvgIpc) is 3.53. The van der Waals surface area contributed by atoms with E-state index in [1.807, 2.05) is 12.3 Å². The first-order valence-corrected chi connectivity index (χ1v) is 17.0. The monoisotopic (exact) mass is 632 g/mol. The van der Waals surface area contributed by atoms with E-state index in [1.54, 1.807) is 0 Å². The molecule has 3 heterocycles. The van der Waals surface area contributed by atoms with Gasteiger partial charge in [-0.3, -0.25) is 4.57 Å². The van der Waals surface area contributed by atoms with Gasteiger partial charge in [0.1, 0.15) is 17.3 Å². The van der Waals surface area contributed by atoms with Crippen molar-refractivity contribution < 1.29 is 4.74 Å². The molecule has 0 saturated carbocycles. The normalized spacial score (nSPS) is 11.9. The van der Waals surface area contributed by atoms with Crippen LogP contribution in [-0.2, 0) is 12.8 Å². The number of benzene rings is 4. The fraction of sp³-hybridized carbons (Fsp3) is 0.256. The van der Waals surface area contributed by atoms with E-state index < -0.39 is 0 Å². The molecule has 0 aliphatic rings. The maximum absolute atomic E-state index is 6.76. The van der Waals surface area contributed by atoms with Crippen LogP contribution in [0.2, 0.25) is 0 Å². The summed E-state index contributed by atoms with van der Waals surface area (Å²) in [7, 11) is 0. The lowest BCUT2D eigenvalue weighted by Gasteiger charge is -2.20. The molecule has 0 amide bonds. The maximum Gasteiger partial charge on any atom is 0.137 e. The highest BCUT2D eigenvalue weighted by atomic mass is 16.5. The van der Waals surface area contributed by atoms with E-state index >= 15 is 0 Å². The third-order valence-electron chi connectivity index (χ3n) is 8.99. The smallest absolute Gasteiger partial charge is 0.137 e. The van der Waals surface area contributed by atoms with Crippen LogP contribution in [-0.4, -0.2) is 19.3 Å². The van der Waals surface area contributed by atoms with Crippen molar-refractivity contribution in [3.63, 3.8) is 0 Å². The van der Waals surface area contributed by atoms with E-state index in [0.29, 0.717) is 0 Å². The largest absolute Gasteiger partial charge is 0.457 e. The molecule has 0 aliphatic heterocycles. The summed E-state index contributed by atoms with van der Waals surface area (Å²) >= 11 is 0. The zero-order valence-electron chi connectivity index (χ0n) is 29.1. The van der Waals surface area contributed by atoms with Crippen LogP contribution in [0.15, 0.2) is 103 Å². The Hall–Kier alpha value is -5.16. The second-order valence-electron chi connectivity index (χ2n) is 14.3. The molecule has 0 bridgehead atoms. The molecule has 0 aliphatic carbocycles. The van der Waals surface area contributed by atoms with Crippen molar-refractivity contribution >= 4 is 21.8 Å². The van der Waals surface area contributed by atoms with E-state index in [4.69, 9.17) is 14.8 Å². The lowest BCUT2D eigenvalue weighted by Crippen LogP contribution is -2.10. The number of fused-ring (bicyclic) bond motifs is 3. The van der Waals surface area contributed by atoms with E-state index in [-0.39, 0.29) is 5.41 Å². The summed E-state index contributed by atoms with van der Waals surface area (Å²) in [4.78, 5) is 4.80. The van der Waals surface area contributed by atoms with Gasteiger partial charge in [-0.2, -0.15) is 5.10 Å². The molecule has 4 aromatic carbocycles. The van der Waals surface area contributed by atoms with Gasteiger partial charge < -0.3 is 4.74 Å². The number of rotatable bonds is 8. The van der Waals surface area contributed by atoms with Crippen LogP contribution in [0.5, 0.6) is 11.5 Å². The maximum atomic E-state index is 6.76. The molecule has 5 nitrogen and oxygen atoms in total. The fourth-order valence-corrected chi connectivity index (χ4v) is 7.04. The van der Waals surface area contributed by atoms with E-state index in [0.717, 1.165) is 64.7 Å². The number of hydrogen-bond donors (Lipinski definition) is 0. The highest BCUT2D eigenvalue weighted by molar-refractivity contribution is 6.09. The summed E-state index contributed by atoms with van der Waals surface area (Å²) in [6, 6.07) is 34.5. The van der Waals surface area contributed by atoms with Gasteiger partial charge in [0.2, 0.25) is 0 Å². The zero-order chi connectivity index (χ0) is 33.6. The first-order valence-electron chi connectivity index (χ1n) is 17.0. The number of aromatic nitrogens is 4. The minimum atomic E-state index is 0.109. The van der Waals surface area contributed by atoms with Crippen LogP contribution >= 0.6 is 0 Å². The van der Waals surface area contributed by atoms with Gasteiger partial charge in [0.25, 0.3) is 0 Å². The molecule has 0 N–H and O–H groups in total. The SMILES string of the molecule is CCCc1ccc2c(c1)c1ccc(Oc3cc(CC(C)(C)C)cc(-n4nc(C)c(-c5ccccc5)c4C)c3)cc1n2-c1cc(C)ccn1. The third kappa shape index (κ3) is 6.13. The molecular formula is C43H44N4O. The molecule has 3 aromatic heterocycles. The molecule has 5 heteroatoms. The highest BCUT2D eigenvalue weighted by Crippen LogP contribution is 2.37. The number of pyridine rings is 1. The van der Waals surface area contributed by atoms with Gasteiger partial charge >= 0.3 is 0 Å². The minimum Gasteiger partial charge on any atom is -0.457 e. The van der Waals surface area contributed by atoms with E-state index in [2.05, 4.69) is 149 Å². The minimum absolute atomic E-state index is 0.109. The van der Waals surface area contributed by atoms with Crippen LogP contribution in [0.1, 0.15) is 62.2 Å². The molecule has 0 unspecified atom stereocenters. The van der Waals surface area contributed by atoms with Gasteiger partial charge in [-0.15, -0.1) is 0 Å². The van der Waals surface area contributed by atoms with Crippen molar-refractivity contribution in [2.24, 2.45) is 5.41 Å². The predicted octanol–water partition coefficient (Wildman–Crippen LogP) is 11.3. The standard InChI is InChI=1S/C43H44N4O/c1-8-12-31-15-18-39-38(24-31)37-17-16-35(26-40(37)46(39)41-21-28(2)19-20-44-41)48-36-23-32(27-43(5,6)7)22-34(25-36)47-30(4)42(29(3)45-47)33-13-10-9-11-14-33/h9-11,13-26H,8,12,27H2,1-7H3. The molecule has 0 spiro atoms. The Morgan fingerprint density at radius 3 is 2.29 bits per heavy atom. The second-order valence-corrected chi connectivity index (χ2v) is 14.3. The van der Waals surface area contributed by atoms with Crippen molar-refractivity contribution in [1.82, 2.24) is 19.3 Å². The number of aryl methyl sites for hydroxylation is 3. The Kier molecular flexibility index (Phi) is 8.16. The summed E-state index contributed by atoms with van der Waals surface area (Å²) in [5.74, 6) is 2.48. The van der Waals surface area contributed by atoms with Gasteiger partial charge in [-0.25, -0.2) is 9.67 Å². The van der Waals surface area contributed by atoms with Crippen molar-refractivity contribution in [1.29, 1.82) is 0 Å². The fourth-order valence-electron chi connectivity index (χ4n) is 7.04. The second kappa shape index (κ2) is 12.5. The Labute approximate surface area is 283 Å². The summed E-state index contributed by atoms with van der Waals surface area (Å²) in [6.45, 7) is 15.4. The Bertz CT molecular complexity index is 2270. The number of hydrogen-bond acceptors (Lipinski definition) is 3. The Morgan fingerprint density at radius 1 is 0.729 bits per heavy atom. The number of ether oxygens (including phenoxy) is 1. The van der Waals surface area contributed by atoms with Crippen LogP contribution in [0.25, 0.3) is 44.4 Å². The van der Waals surface area contributed by atoms with Gasteiger partial charge in [0.15, 0.2) is 0 Å². The van der Waals surface area contributed by atoms with Crippen LogP contribution < -0.4 is 4.74 Å². The lowest BCUT2D eigenvalue weighted by atomic mass is 9.88. The predicted molar refractivity (Wildman–Crippen MR) is 199 cm³/mol. The molecule has 0 fully saturated rings. The third-order valence-corrected chi connectivity index (χ3v) is 8.99. The summed E-state index contributed by atoms with van der Waals surface area (Å²) in [5.41, 5.74) is 11.5. The first-order chi connectivity index (χ1) is 23.1. The molecule has 242 valence electrons. The summed E-state index contributed by atoms with van der Waals surface area (Å²) < 4.78 is 11.1. The van der Waals surface area contributed by atoms with Crippen LogP contribution in [0, 0.1) is 26.2 Å². The van der Waals surface area contributed by atoms with Gasteiger partial charge in [0.05, 0.1) is 22.4 Å². The van der Waals surface area contributed by atoms with Crippen molar-refractivity contribution in [3.8, 4) is 34.1 Å².